The first kappa shape index (κ1) is 11.5. The minimum atomic E-state index is 0.572. The van der Waals surface area contributed by atoms with Gasteiger partial charge in [-0.05, 0) is 12.5 Å². The molecule has 3 rings (SSSR count). The predicted octanol–water partition coefficient (Wildman–Crippen LogP) is 1.77. The van der Waals surface area contributed by atoms with Gasteiger partial charge < -0.3 is 4.90 Å². The number of nitrogens with zero attached hydrogens (tertiary/aromatic N) is 5. The van der Waals surface area contributed by atoms with Crippen LogP contribution in [0.4, 0.5) is 5.95 Å². The molecule has 0 aliphatic carbocycles. The van der Waals surface area contributed by atoms with Crippen LogP contribution in [0.1, 0.15) is 5.56 Å². The molecular formula is C12H14ClN5. The van der Waals surface area contributed by atoms with E-state index in [2.05, 4.69) is 33.1 Å². The van der Waals surface area contributed by atoms with Crippen LogP contribution in [-0.4, -0.2) is 32.8 Å². The van der Waals surface area contributed by atoms with E-state index in [9.17, 15) is 0 Å². The first-order chi connectivity index (χ1) is 8.70. The molecule has 0 unspecified atom stereocenters. The highest BCUT2D eigenvalue weighted by molar-refractivity contribution is 6.30. The molecule has 1 fully saturated rings. The zero-order valence-corrected chi connectivity index (χ0v) is 10.9. The summed E-state index contributed by atoms with van der Waals surface area (Å²) in [7, 11) is 0. The molecular weight excluding hydrogens is 250 g/mol. The average molecular weight is 264 g/mol. The maximum atomic E-state index is 5.76. The van der Waals surface area contributed by atoms with Gasteiger partial charge in [-0.1, -0.05) is 11.6 Å². The van der Waals surface area contributed by atoms with Gasteiger partial charge in [0.25, 0.3) is 0 Å². The molecule has 1 aliphatic rings. The van der Waals surface area contributed by atoms with Crippen LogP contribution >= 0.6 is 11.6 Å². The Bertz CT molecular complexity index is 530. The molecule has 0 aromatic carbocycles. The minimum Gasteiger partial charge on any atom is -0.340 e. The zero-order valence-electron chi connectivity index (χ0n) is 10.1. The van der Waals surface area contributed by atoms with Crippen LogP contribution in [0.5, 0.6) is 0 Å². The van der Waals surface area contributed by atoms with Crippen LogP contribution in [0.15, 0.2) is 24.8 Å². The highest BCUT2D eigenvalue weighted by Crippen LogP contribution is 2.22. The number of aryl methyl sites for hydroxylation is 1. The van der Waals surface area contributed by atoms with Gasteiger partial charge >= 0.3 is 0 Å². The molecule has 0 bridgehead atoms. The number of rotatable bonds is 3. The highest BCUT2D eigenvalue weighted by atomic mass is 35.5. The van der Waals surface area contributed by atoms with Crippen molar-refractivity contribution in [3.8, 4) is 0 Å². The molecule has 2 aromatic heterocycles. The van der Waals surface area contributed by atoms with Crippen molar-refractivity contribution in [2.24, 2.45) is 5.92 Å². The van der Waals surface area contributed by atoms with Gasteiger partial charge in [-0.15, -0.1) is 0 Å². The summed E-state index contributed by atoms with van der Waals surface area (Å²) in [5, 5.41) is 4.87. The van der Waals surface area contributed by atoms with Crippen molar-refractivity contribution in [2.45, 2.75) is 13.5 Å². The number of halogens is 1. The van der Waals surface area contributed by atoms with Crippen LogP contribution in [0.3, 0.4) is 0 Å². The zero-order chi connectivity index (χ0) is 12.5. The van der Waals surface area contributed by atoms with Crippen molar-refractivity contribution < 1.29 is 0 Å². The molecule has 0 atom stereocenters. The third-order valence-electron chi connectivity index (χ3n) is 3.05. The highest BCUT2D eigenvalue weighted by Gasteiger charge is 2.28. The van der Waals surface area contributed by atoms with E-state index < -0.39 is 0 Å². The first-order valence-corrected chi connectivity index (χ1v) is 6.30. The van der Waals surface area contributed by atoms with E-state index >= 15 is 0 Å². The largest absolute Gasteiger partial charge is 0.340 e. The van der Waals surface area contributed by atoms with Crippen molar-refractivity contribution in [3.05, 3.63) is 35.4 Å². The molecule has 0 saturated carbocycles. The predicted molar refractivity (Wildman–Crippen MR) is 69.7 cm³/mol. The fourth-order valence-corrected chi connectivity index (χ4v) is 2.25. The van der Waals surface area contributed by atoms with Crippen molar-refractivity contribution in [2.75, 3.05) is 18.0 Å². The molecule has 1 aliphatic heterocycles. The van der Waals surface area contributed by atoms with Gasteiger partial charge in [-0.2, -0.15) is 5.10 Å². The molecule has 0 radical (unpaired) electrons. The summed E-state index contributed by atoms with van der Waals surface area (Å²) in [4.78, 5) is 10.6. The van der Waals surface area contributed by atoms with E-state index in [1.165, 1.54) is 5.56 Å². The van der Waals surface area contributed by atoms with Crippen LogP contribution < -0.4 is 4.90 Å². The molecule has 0 amide bonds. The van der Waals surface area contributed by atoms with Crippen LogP contribution in [0.25, 0.3) is 0 Å². The van der Waals surface area contributed by atoms with E-state index in [0.29, 0.717) is 10.9 Å². The second kappa shape index (κ2) is 4.57. The fraction of sp³-hybridized carbons (Fsp3) is 0.417. The van der Waals surface area contributed by atoms with Gasteiger partial charge in [0.2, 0.25) is 5.95 Å². The average Bonchev–Trinajstić information content (AvgIpc) is 2.71. The lowest BCUT2D eigenvalue weighted by molar-refractivity contribution is 0.338. The summed E-state index contributed by atoms with van der Waals surface area (Å²) in [5.41, 5.74) is 1.20. The minimum absolute atomic E-state index is 0.572. The lowest BCUT2D eigenvalue weighted by Gasteiger charge is -2.39. The SMILES string of the molecule is Cc1cnn(CC2CN(c3ncc(Cl)cn3)C2)c1. The standard InChI is InChI=1S/C12H14ClN5/c1-9-2-16-18(5-9)8-10-6-17(7-10)12-14-3-11(13)4-15-12/h2-5,10H,6-8H2,1H3. The Hall–Kier alpha value is -1.62. The Balaban J connectivity index is 1.55. The molecule has 3 heterocycles. The Morgan fingerprint density at radius 1 is 1.28 bits per heavy atom. The second-order valence-corrected chi connectivity index (χ2v) is 5.15. The smallest absolute Gasteiger partial charge is 0.225 e. The monoisotopic (exact) mass is 263 g/mol. The first-order valence-electron chi connectivity index (χ1n) is 5.92. The number of aromatic nitrogens is 4. The fourth-order valence-electron chi connectivity index (χ4n) is 2.15. The lowest BCUT2D eigenvalue weighted by Crippen LogP contribution is -2.49. The van der Waals surface area contributed by atoms with Gasteiger partial charge in [0.15, 0.2) is 0 Å². The van der Waals surface area contributed by atoms with E-state index in [4.69, 9.17) is 11.6 Å². The van der Waals surface area contributed by atoms with Gasteiger partial charge in [0.1, 0.15) is 0 Å². The maximum Gasteiger partial charge on any atom is 0.225 e. The van der Waals surface area contributed by atoms with E-state index in [1.807, 2.05) is 10.9 Å². The Kier molecular flexibility index (Phi) is 2.91. The lowest BCUT2D eigenvalue weighted by atomic mass is 10.0. The summed E-state index contributed by atoms with van der Waals surface area (Å²) in [6.45, 7) is 4.96. The van der Waals surface area contributed by atoms with Gasteiger partial charge in [-0.25, -0.2) is 9.97 Å². The molecule has 94 valence electrons. The maximum absolute atomic E-state index is 5.76. The van der Waals surface area contributed by atoms with Crippen LogP contribution in [-0.2, 0) is 6.54 Å². The Morgan fingerprint density at radius 3 is 2.61 bits per heavy atom. The van der Waals surface area contributed by atoms with Gasteiger partial charge in [0.05, 0.1) is 23.6 Å². The van der Waals surface area contributed by atoms with Crippen molar-refractivity contribution >= 4 is 17.5 Å². The summed E-state index contributed by atoms with van der Waals surface area (Å²) in [6, 6.07) is 0. The molecule has 6 heteroatoms. The van der Waals surface area contributed by atoms with Crippen molar-refractivity contribution in [1.82, 2.24) is 19.7 Å². The molecule has 0 spiro atoms. The summed E-state index contributed by atoms with van der Waals surface area (Å²) >= 11 is 5.76. The molecule has 5 nitrogen and oxygen atoms in total. The van der Waals surface area contributed by atoms with Crippen molar-refractivity contribution in [1.29, 1.82) is 0 Å². The second-order valence-electron chi connectivity index (χ2n) is 4.71. The van der Waals surface area contributed by atoms with E-state index in [0.717, 1.165) is 25.6 Å². The van der Waals surface area contributed by atoms with Crippen LogP contribution in [0, 0.1) is 12.8 Å². The van der Waals surface area contributed by atoms with Gasteiger partial charge in [-0.3, -0.25) is 4.68 Å². The third-order valence-corrected chi connectivity index (χ3v) is 3.25. The summed E-state index contributed by atoms with van der Waals surface area (Å²) < 4.78 is 2.00. The topological polar surface area (TPSA) is 46.8 Å². The Morgan fingerprint density at radius 2 is 2.00 bits per heavy atom. The normalized spacial score (nSPS) is 15.8. The summed E-state index contributed by atoms with van der Waals surface area (Å²) in [5.74, 6) is 1.37. The Labute approximate surface area is 110 Å². The molecule has 18 heavy (non-hydrogen) atoms. The van der Waals surface area contributed by atoms with Gasteiger partial charge in [0, 0.05) is 31.7 Å². The van der Waals surface area contributed by atoms with Crippen molar-refractivity contribution in [3.63, 3.8) is 0 Å². The molecule has 0 N–H and O–H groups in total. The molecule has 2 aromatic rings. The summed E-state index contributed by atoms with van der Waals surface area (Å²) in [6.07, 6.45) is 7.22. The molecule has 1 saturated heterocycles. The van der Waals surface area contributed by atoms with E-state index in [-0.39, 0.29) is 0 Å². The number of hydrogen-bond acceptors (Lipinski definition) is 4. The van der Waals surface area contributed by atoms with Crippen LogP contribution in [0.2, 0.25) is 5.02 Å². The quantitative estimate of drug-likeness (QED) is 0.847. The number of anilines is 1. The third kappa shape index (κ3) is 2.31. The number of hydrogen-bond donors (Lipinski definition) is 0. The van der Waals surface area contributed by atoms with E-state index in [1.54, 1.807) is 12.4 Å².